The third-order valence-corrected chi connectivity index (χ3v) is 0.971. The lowest BCUT2D eigenvalue weighted by Gasteiger charge is -1.96. The van der Waals surface area contributed by atoms with E-state index < -0.39 is 12.0 Å². The Bertz CT molecular complexity index is 192. The first-order chi connectivity index (χ1) is 5.16. The molecule has 0 rings (SSSR count). The molecule has 11 heavy (non-hydrogen) atoms. The molecule has 0 saturated heterocycles. The summed E-state index contributed by atoms with van der Waals surface area (Å²) in [6.45, 7) is 0. The molecule has 0 spiro atoms. The van der Waals surface area contributed by atoms with Gasteiger partial charge >= 0.3 is 6.09 Å². The fourth-order valence-electron chi connectivity index (χ4n) is 0.533. The van der Waals surface area contributed by atoms with E-state index in [1.54, 1.807) is 5.32 Å². The molecule has 0 aliphatic heterocycles. The first-order valence-corrected chi connectivity index (χ1v) is 3.13. The largest absolute Gasteiger partial charge is 0.465 e. The molecule has 0 aromatic rings. The molecular formula is C7H9NO3. The number of hydrogen-bond donors (Lipinski definition) is 2. The van der Waals surface area contributed by atoms with Crippen molar-refractivity contribution < 1.29 is 14.7 Å². The minimum absolute atomic E-state index is 0.163. The smallest absolute Gasteiger partial charge is 0.411 e. The van der Waals surface area contributed by atoms with Gasteiger partial charge in [0, 0.05) is 12.8 Å². The van der Waals surface area contributed by atoms with Crippen LogP contribution in [0.1, 0.15) is 19.3 Å². The maximum Gasteiger partial charge on any atom is 0.411 e. The quantitative estimate of drug-likeness (QED) is 0.463. The summed E-state index contributed by atoms with van der Waals surface area (Å²) < 4.78 is 0. The highest BCUT2D eigenvalue weighted by Crippen LogP contribution is 1.92. The van der Waals surface area contributed by atoms with Gasteiger partial charge in [0.25, 0.3) is 0 Å². The Morgan fingerprint density at radius 3 is 2.64 bits per heavy atom. The summed E-state index contributed by atoms with van der Waals surface area (Å²) in [4.78, 5) is 20.4. The van der Waals surface area contributed by atoms with E-state index in [0.717, 1.165) is 0 Å². The van der Waals surface area contributed by atoms with Gasteiger partial charge in [-0.15, -0.1) is 12.3 Å². The van der Waals surface area contributed by atoms with Crippen LogP contribution < -0.4 is 5.32 Å². The summed E-state index contributed by atoms with van der Waals surface area (Å²) in [6.07, 6.45) is 4.77. The van der Waals surface area contributed by atoms with Gasteiger partial charge in [-0.1, -0.05) is 0 Å². The third kappa shape index (κ3) is 6.38. The molecule has 0 aromatic heterocycles. The van der Waals surface area contributed by atoms with Crippen molar-refractivity contribution in [1.82, 2.24) is 5.32 Å². The number of unbranched alkanes of at least 4 members (excludes halogenated alkanes) is 1. The Morgan fingerprint density at radius 2 is 2.18 bits per heavy atom. The number of imide groups is 1. The summed E-state index contributed by atoms with van der Waals surface area (Å²) in [6, 6.07) is 0. The zero-order chi connectivity index (χ0) is 8.69. The second-order valence-corrected chi connectivity index (χ2v) is 1.91. The second kappa shape index (κ2) is 5.30. The predicted molar refractivity (Wildman–Crippen MR) is 38.9 cm³/mol. The van der Waals surface area contributed by atoms with Crippen LogP contribution >= 0.6 is 0 Å². The molecule has 60 valence electrons. The van der Waals surface area contributed by atoms with E-state index >= 15 is 0 Å². The van der Waals surface area contributed by atoms with E-state index in [-0.39, 0.29) is 6.42 Å². The standard InChI is InChI=1S/C7H9NO3/c1-2-3-4-5-6(9)8-7(10)11/h1H,3-5H2,(H,8,9)(H,10,11). The SMILES string of the molecule is C#CCCCC(=O)NC(=O)O. The number of amides is 2. The van der Waals surface area contributed by atoms with E-state index in [2.05, 4.69) is 5.92 Å². The average Bonchev–Trinajstić information content (AvgIpc) is 1.86. The van der Waals surface area contributed by atoms with Crippen LogP contribution in [-0.4, -0.2) is 17.1 Å². The second-order valence-electron chi connectivity index (χ2n) is 1.91. The topological polar surface area (TPSA) is 66.4 Å². The van der Waals surface area contributed by atoms with Crippen molar-refractivity contribution in [3.05, 3.63) is 0 Å². The Morgan fingerprint density at radius 1 is 1.55 bits per heavy atom. The molecule has 0 aliphatic carbocycles. The Labute approximate surface area is 64.6 Å². The molecule has 4 nitrogen and oxygen atoms in total. The fraction of sp³-hybridized carbons (Fsp3) is 0.429. The van der Waals surface area contributed by atoms with Gasteiger partial charge in [-0.25, -0.2) is 4.79 Å². The van der Waals surface area contributed by atoms with Crippen molar-refractivity contribution >= 4 is 12.0 Å². The van der Waals surface area contributed by atoms with Crippen LogP contribution in [0.25, 0.3) is 0 Å². The van der Waals surface area contributed by atoms with Crippen LogP contribution in [0.4, 0.5) is 4.79 Å². The van der Waals surface area contributed by atoms with E-state index in [1.807, 2.05) is 0 Å². The number of carbonyl (C=O) groups is 2. The van der Waals surface area contributed by atoms with Gasteiger partial charge in [0.05, 0.1) is 0 Å². The summed E-state index contributed by atoms with van der Waals surface area (Å²) >= 11 is 0. The molecular weight excluding hydrogens is 146 g/mol. The maximum absolute atomic E-state index is 10.6. The highest BCUT2D eigenvalue weighted by molar-refractivity contribution is 5.90. The van der Waals surface area contributed by atoms with Crippen molar-refractivity contribution in [1.29, 1.82) is 0 Å². The average molecular weight is 155 g/mol. The van der Waals surface area contributed by atoms with E-state index in [4.69, 9.17) is 11.5 Å². The van der Waals surface area contributed by atoms with Gasteiger partial charge in [0.1, 0.15) is 0 Å². The highest BCUT2D eigenvalue weighted by atomic mass is 16.4. The van der Waals surface area contributed by atoms with Crippen molar-refractivity contribution in [2.75, 3.05) is 0 Å². The van der Waals surface area contributed by atoms with Gasteiger partial charge in [0.2, 0.25) is 5.91 Å². The molecule has 4 heteroatoms. The normalized spacial score (nSPS) is 8.27. The monoisotopic (exact) mass is 155 g/mol. The molecule has 0 radical (unpaired) electrons. The first kappa shape index (κ1) is 9.50. The number of carboxylic acid groups (broad SMARTS) is 1. The fourth-order valence-corrected chi connectivity index (χ4v) is 0.533. The molecule has 0 heterocycles. The van der Waals surface area contributed by atoms with E-state index in [9.17, 15) is 9.59 Å². The Kier molecular flexibility index (Phi) is 4.58. The van der Waals surface area contributed by atoms with Crippen molar-refractivity contribution in [3.63, 3.8) is 0 Å². The number of terminal acetylenes is 1. The van der Waals surface area contributed by atoms with Crippen LogP contribution in [0.2, 0.25) is 0 Å². The van der Waals surface area contributed by atoms with E-state index in [0.29, 0.717) is 12.8 Å². The Hall–Kier alpha value is -1.50. The van der Waals surface area contributed by atoms with Crippen molar-refractivity contribution in [3.8, 4) is 12.3 Å². The summed E-state index contributed by atoms with van der Waals surface area (Å²) in [5.74, 6) is 1.84. The zero-order valence-corrected chi connectivity index (χ0v) is 5.96. The predicted octanol–water partition coefficient (Wildman–Crippen LogP) is 0.584. The summed E-state index contributed by atoms with van der Waals surface area (Å²) in [7, 11) is 0. The molecule has 0 unspecified atom stereocenters. The minimum Gasteiger partial charge on any atom is -0.465 e. The lowest BCUT2D eigenvalue weighted by Crippen LogP contribution is -2.28. The molecule has 2 amide bonds. The Balaban J connectivity index is 3.39. The van der Waals surface area contributed by atoms with Crippen LogP contribution in [0.5, 0.6) is 0 Å². The maximum atomic E-state index is 10.6. The lowest BCUT2D eigenvalue weighted by molar-refractivity contribution is -0.120. The molecule has 2 N–H and O–H groups in total. The summed E-state index contributed by atoms with van der Waals surface area (Å²) in [5.41, 5.74) is 0. The van der Waals surface area contributed by atoms with Gasteiger partial charge in [0.15, 0.2) is 0 Å². The van der Waals surface area contributed by atoms with Crippen molar-refractivity contribution in [2.45, 2.75) is 19.3 Å². The van der Waals surface area contributed by atoms with Crippen molar-refractivity contribution in [2.24, 2.45) is 0 Å². The first-order valence-electron chi connectivity index (χ1n) is 3.13. The van der Waals surface area contributed by atoms with Crippen LogP contribution in [0.15, 0.2) is 0 Å². The van der Waals surface area contributed by atoms with Gasteiger partial charge < -0.3 is 5.11 Å². The molecule has 0 fully saturated rings. The minimum atomic E-state index is -1.32. The highest BCUT2D eigenvalue weighted by Gasteiger charge is 2.03. The van der Waals surface area contributed by atoms with Crippen LogP contribution in [0.3, 0.4) is 0 Å². The summed E-state index contributed by atoms with van der Waals surface area (Å²) in [5, 5.41) is 9.78. The third-order valence-electron chi connectivity index (χ3n) is 0.971. The number of hydrogen-bond acceptors (Lipinski definition) is 2. The number of carbonyl (C=O) groups excluding carboxylic acids is 1. The van der Waals surface area contributed by atoms with E-state index in [1.165, 1.54) is 0 Å². The molecule has 0 bridgehead atoms. The zero-order valence-electron chi connectivity index (χ0n) is 5.96. The van der Waals surface area contributed by atoms with Crippen LogP contribution in [-0.2, 0) is 4.79 Å². The molecule has 0 aliphatic rings. The molecule has 0 atom stereocenters. The number of rotatable bonds is 3. The number of nitrogens with one attached hydrogen (secondary N) is 1. The van der Waals surface area contributed by atoms with Crippen LogP contribution in [0, 0.1) is 12.3 Å². The molecule has 0 aromatic carbocycles. The van der Waals surface area contributed by atoms with Gasteiger partial charge in [-0.05, 0) is 6.42 Å². The lowest BCUT2D eigenvalue weighted by atomic mass is 10.2. The molecule has 0 saturated carbocycles. The van der Waals surface area contributed by atoms with Gasteiger partial charge in [-0.3, -0.25) is 10.1 Å². The van der Waals surface area contributed by atoms with Gasteiger partial charge in [-0.2, -0.15) is 0 Å².